The second-order valence-electron chi connectivity index (χ2n) is 4.98. The van der Waals surface area contributed by atoms with Crippen molar-refractivity contribution in [2.75, 3.05) is 28.5 Å². The number of ether oxygens (including phenoxy) is 1. The van der Waals surface area contributed by atoms with E-state index >= 15 is 0 Å². The highest BCUT2D eigenvalue weighted by atomic mass is 32.2. The molecule has 1 amide bonds. The number of amides is 1. The second kappa shape index (κ2) is 6.34. The number of nitrogens with one attached hydrogen (secondary N) is 1. The molecule has 1 aliphatic rings. The molecule has 0 bridgehead atoms. The minimum absolute atomic E-state index is 0.0908. The SMILES string of the molecule is CCCCS(=O)(=O)Nc1ccc2c(c1)N(C(C)=O)CCO2. The molecule has 1 N–H and O–H groups in total. The van der Waals surface area contributed by atoms with E-state index in [9.17, 15) is 13.2 Å². The zero-order valence-electron chi connectivity index (χ0n) is 12.3. The average Bonchev–Trinajstić information content (AvgIpc) is 2.44. The van der Waals surface area contributed by atoms with E-state index in [1.165, 1.54) is 6.92 Å². The number of hydrogen-bond donors (Lipinski definition) is 1. The third-order valence-corrected chi connectivity index (χ3v) is 4.62. The Kier molecular flexibility index (Phi) is 4.72. The Morgan fingerprint density at radius 1 is 1.43 bits per heavy atom. The number of hydrogen-bond acceptors (Lipinski definition) is 4. The minimum atomic E-state index is -3.36. The van der Waals surface area contributed by atoms with Gasteiger partial charge in [0.25, 0.3) is 0 Å². The van der Waals surface area contributed by atoms with Gasteiger partial charge >= 0.3 is 0 Å². The molecule has 6 nitrogen and oxygen atoms in total. The fourth-order valence-corrected chi connectivity index (χ4v) is 3.43. The summed E-state index contributed by atoms with van der Waals surface area (Å²) in [4.78, 5) is 13.2. The molecule has 0 atom stereocenters. The molecule has 0 radical (unpaired) electrons. The summed E-state index contributed by atoms with van der Waals surface area (Å²) in [6.07, 6.45) is 1.43. The van der Waals surface area contributed by atoms with Crippen molar-refractivity contribution < 1.29 is 17.9 Å². The molecule has 1 heterocycles. The molecule has 2 rings (SSSR count). The monoisotopic (exact) mass is 312 g/mol. The summed E-state index contributed by atoms with van der Waals surface area (Å²) in [5, 5.41) is 0. The van der Waals surface area contributed by atoms with Crippen LogP contribution < -0.4 is 14.4 Å². The van der Waals surface area contributed by atoms with Crippen LogP contribution in [-0.2, 0) is 14.8 Å². The number of sulfonamides is 1. The molecule has 0 unspecified atom stereocenters. The summed E-state index contributed by atoms with van der Waals surface area (Å²) >= 11 is 0. The number of nitrogens with zero attached hydrogens (tertiary/aromatic N) is 1. The molecular formula is C14H20N2O4S. The first-order chi connectivity index (χ1) is 9.93. The maximum Gasteiger partial charge on any atom is 0.232 e. The van der Waals surface area contributed by atoms with Gasteiger partial charge in [0.05, 0.1) is 23.7 Å². The average molecular weight is 312 g/mol. The van der Waals surface area contributed by atoms with Gasteiger partial charge in [-0.25, -0.2) is 8.42 Å². The molecule has 0 fully saturated rings. The third kappa shape index (κ3) is 3.87. The Bertz CT molecular complexity index is 628. The lowest BCUT2D eigenvalue weighted by Gasteiger charge is -2.29. The summed E-state index contributed by atoms with van der Waals surface area (Å²) in [7, 11) is -3.36. The predicted molar refractivity (Wildman–Crippen MR) is 82.3 cm³/mol. The fraction of sp³-hybridized carbons (Fsp3) is 0.500. The maximum atomic E-state index is 11.9. The highest BCUT2D eigenvalue weighted by Crippen LogP contribution is 2.34. The van der Waals surface area contributed by atoms with Crippen LogP contribution in [0, 0.1) is 0 Å². The summed E-state index contributed by atoms with van der Waals surface area (Å²) < 4.78 is 31.9. The maximum absolute atomic E-state index is 11.9. The Morgan fingerprint density at radius 3 is 2.86 bits per heavy atom. The molecule has 1 aliphatic heterocycles. The van der Waals surface area contributed by atoms with Gasteiger partial charge in [-0.15, -0.1) is 0 Å². The van der Waals surface area contributed by atoms with Gasteiger partial charge in [-0.05, 0) is 24.6 Å². The van der Waals surface area contributed by atoms with E-state index in [0.29, 0.717) is 36.7 Å². The molecule has 116 valence electrons. The van der Waals surface area contributed by atoms with Gasteiger partial charge < -0.3 is 9.64 Å². The standard InChI is InChI=1S/C14H20N2O4S/c1-3-4-9-21(18,19)15-12-5-6-14-13(10-12)16(11(2)17)7-8-20-14/h5-6,10,15H,3-4,7-9H2,1-2H3. The van der Waals surface area contributed by atoms with Crippen molar-refractivity contribution in [1.29, 1.82) is 0 Å². The van der Waals surface area contributed by atoms with Crippen LogP contribution in [0.4, 0.5) is 11.4 Å². The molecule has 21 heavy (non-hydrogen) atoms. The molecule has 0 aliphatic carbocycles. The van der Waals surface area contributed by atoms with Gasteiger partial charge in [0.15, 0.2) is 0 Å². The van der Waals surface area contributed by atoms with Crippen LogP contribution in [0.3, 0.4) is 0 Å². The van der Waals surface area contributed by atoms with Gasteiger partial charge in [-0.2, -0.15) is 0 Å². The first-order valence-corrected chi connectivity index (χ1v) is 8.63. The van der Waals surface area contributed by atoms with E-state index in [0.717, 1.165) is 6.42 Å². The highest BCUT2D eigenvalue weighted by Gasteiger charge is 2.22. The van der Waals surface area contributed by atoms with E-state index in [1.807, 2.05) is 6.92 Å². The molecule has 0 saturated heterocycles. The Labute approximate surface area is 125 Å². The largest absolute Gasteiger partial charge is 0.490 e. The Hall–Kier alpha value is -1.76. The molecular weight excluding hydrogens is 292 g/mol. The van der Waals surface area contributed by atoms with Crippen molar-refractivity contribution in [3.05, 3.63) is 18.2 Å². The topological polar surface area (TPSA) is 75.7 Å². The van der Waals surface area contributed by atoms with E-state index in [2.05, 4.69) is 4.72 Å². The number of rotatable bonds is 5. The van der Waals surface area contributed by atoms with Crippen molar-refractivity contribution in [3.8, 4) is 5.75 Å². The molecule has 0 aromatic heterocycles. The lowest BCUT2D eigenvalue weighted by molar-refractivity contribution is -0.116. The number of anilines is 2. The Morgan fingerprint density at radius 2 is 2.19 bits per heavy atom. The smallest absolute Gasteiger partial charge is 0.232 e. The van der Waals surface area contributed by atoms with Crippen molar-refractivity contribution in [1.82, 2.24) is 0 Å². The number of carbonyl (C=O) groups is 1. The molecule has 0 spiro atoms. The van der Waals surface area contributed by atoms with Crippen LogP contribution in [0.15, 0.2) is 18.2 Å². The predicted octanol–water partition coefficient (Wildman–Crippen LogP) is 1.97. The number of carbonyl (C=O) groups excluding carboxylic acids is 1. The highest BCUT2D eigenvalue weighted by molar-refractivity contribution is 7.92. The lowest BCUT2D eigenvalue weighted by Crippen LogP contribution is -2.36. The van der Waals surface area contributed by atoms with Gasteiger partial charge in [0.2, 0.25) is 15.9 Å². The second-order valence-corrected chi connectivity index (χ2v) is 6.82. The van der Waals surface area contributed by atoms with Crippen LogP contribution in [-0.4, -0.2) is 33.2 Å². The summed E-state index contributed by atoms with van der Waals surface area (Å²) in [6, 6.07) is 4.97. The van der Waals surface area contributed by atoms with Gasteiger partial charge in [0.1, 0.15) is 12.4 Å². The van der Waals surface area contributed by atoms with Crippen molar-refractivity contribution >= 4 is 27.3 Å². The summed E-state index contributed by atoms with van der Waals surface area (Å²) in [5.74, 6) is 0.589. The minimum Gasteiger partial charge on any atom is -0.490 e. The van der Waals surface area contributed by atoms with Crippen LogP contribution in [0.25, 0.3) is 0 Å². The lowest BCUT2D eigenvalue weighted by atomic mass is 10.2. The first kappa shape index (κ1) is 15.6. The fourth-order valence-electron chi connectivity index (χ4n) is 2.17. The zero-order chi connectivity index (χ0) is 15.5. The third-order valence-electron chi connectivity index (χ3n) is 3.24. The van der Waals surface area contributed by atoms with E-state index in [-0.39, 0.29) is 11.7 Å². The molecule has 0 saturated carbocycles. The van der Waals surface area contributed by atoms with Gasteiger partial charge in [-0.3, -0.25) is 9.52 Å². The quantitative estimate of drug-likeness (QED) is 0.902. The van der Waals surface area contributed by atoms with E-state index in [4.69, 9.17) is 4.74 Å². The molecule has 1 aromatic carbocycles. The number of unbranched alkanes of at least 4 members (excludes halogenated alkanes) is 1. The molecule has 1 aromatic rings. The number of fused-ring (bicyclic) bond motifs is 1. The van der Waals surface area contributed by atoms with Crippen molar-refractivity contribution in [2.45, 2.75) is 26.7 Å². The van der Waals surface area contributed by atoms with Crippen LogP contribution >= 0.6 is 0 Å². The van der Waals surface area contributed by atoms with E-state index < -0.39 is 10.0 Å². The summed E-state index contributed by atoms with van der Waals surface area (Å²) in [6.45, 7) is 4.33. The van der Waals surface area contributed by atoms with Crippen LogP contribution in [0.1, 0.15) is 26.7 Å². The van der Waals surface area contributed by atoms with Crippen LogP contribution in [0.2, 0.25) is 0 Å². The first-order valence-electron chi connectivity index (χ1n) is 6.98. The summed E-state index contributed by atoms with van der Waals surface area (Å²) in [5.41, 5.74) is 1.05. The Balaban J connectivity index is 2.24. The van der Waals surface area contributed by atoms with Crippen molar-refractivity contribution in [3.63, 3.8) is 0 Å². The van der Waals surface area contributed by atoms with Gasteiger partial charge in [0, 0.05) is 6.92 Å². The van der Waals surface area contributed by atoms with Crippen molar-refractivity contribution in [2.24, 2.45) is 0 Å². The normalized spacial score (nSPS) is 14.3. The number of benzene rings is 1. The molecule has 7 heteroatoms. The van der Waals surface area contributed by atoms with Gasteiger partial charge in [-0.1, -0.05) is 13.3 Å². The van der Waals surface area contributed by atoms with Crippen LogP contribution in [0.5, 0.6) is 5.75 Å². The van der Waals surface area contributed by atoms with E-state index in [1.54, 1.807) is 23.1 Å². The zero-order valence-corrected chi connectivity index (χ0v) is 13.1.